The van der Waals surface area contributed by atoms with Crippen LogP contribution in [0.15, 0.2) is 0 Å². The Morgan fingerprint density at radius 3 is 2.70 bits per heavy atom. The monoisotopic (exact) mass is 206 g/mol. The van der Waals surface area contributed by atoms with E-state index in [4.69, 9.17) is 4.74 Å². The number of ether oxygens (including phenoxy) is 1. The molecule has 0 spiro atoms. The van der Waals surface area contributed by atoms with Gasteiger partial charge in [0, 0.05) is 12.3 Å². The predicted molar refractivity (Wildman–Crippen MR) is 42.1 cm³/mol. The first-order chi connectivity index (χ1) is 4.72. The first-order valence-corrected chi connectivity index (χ1v) is 4.57. The Bertz CT molecular complexity index is 130. The summed E-state index contributed by atoms with van der Waals surface area (Å²) in [4.78, 5) is 10.4. The number of alkyl halides is 1. The van der Waals surface area contributed by atoms with Gasteiger partial charge in [-0.3, -0.25) is 4.79 Å². The largest absolute Gasteiger partial charge is 0.463 e. The van der Waals surface area contributed by atoms with E-state index in [1.165, 1.54) is 6.92 Å². The van der Waals surface area contributed by atoms with Crippen LogP contribution in [0.3, 0.4) is 0 Å². The van der Waals surface area contributed by atoms with Crippen LogP contribution in [0.25, 0.3) is 0 Å². The molecule has 3 heteroatoms. The molecule has 0 heterocycles. The van der Waals surface area contributed by atoms with E-state index in [9.17, 15) is 4.79 Å². The normalized spacial score (nSPS) is 31.0. The van der Waals surface area contributed by atoms with E-state index in [2.05, 4.69) is 15.9 Å². The maximum atomic E-state index is 10.4. The average molecular weight is 207 g/mol. The zero-order chi connectivity index (χ0) is 7.56. The van der Waals surface area contributed by atoms with E-state index < -0.39 is 0 Å². The maximum Gasteiger partial charge on any atom is 0.302 e. The topological polar surface area (TPSA) is 26.3 Å². The van der Waals surface area contributed by atoms with Crippen LogP contribution in [0.5, 0.6) is 0 Å². The van der Waals surface area contributed by atoms with E-state index in [1.807, 2.05) is 0 Å². The van der Waals surface area contributed by atoms with Gasteiger partial charge in [-0.15, -0.1) is 0 Å². The summed E-state index contributed by atoms with van der Waals surface area (Å²) < 4.78 is 4.96. The molecule has 0 radical (unpaired) electrons. The van der Waals surface area contributed by atoms with Gasteiger partial charge < -0.3 is 4.74 Å². The molecule has 0 N–H and O–H groups in total. The van der Waals surface area contributed by atoms with Gasteiger partial charge in [0.05, 0.1) is 0 Å². The van der Waals surface area contributed by atoms with Crippen molar-refractivity contribution in [2.24, 2.45) is 5.92 Å². The van der Waals surface area contributed by atoms with Crippen LogP contribution in [0, 0.1) is 5.92 Å². The van der Waals surface area contributed by atoms with Crippen molar-refractivity contribution in [3.8, 4) is 0 Å². The molecule has 0 amide bonds. The van der Waals surface area contributed by atoms with Gasteiger partial charge in [-0.1, -0.05) is 15.9 Å². The van der Waals surface area contributed by atoms with Crippen molar-refractivity contribution >= 4 is 21.9 Å². The smallest absolute Gasteiger partial charge is 0.302 e. The third-order valence-corrected chi connectivity index (χ3v) is 2.66. The highest BCUT2D eigenvalue weighted by Gasteiger charge is 2.30. The quantitative estimate of drug-likeness (QED) is 0.509. The predicted octanol–water partition coefficient (Wildman–Crippen LogP) is 1.72. The number of esters is 1. The summed E-state index contributed by atoms with van der Waals surface area (Å²) in [5.74, 6) is 0.572. The fourth-order valence-electron chi connectivity index (χ4n) is 1.13. The van der Waals surface area contributed by atoms with E-state index in [1.54, 1.807) is 0 Å². The Kier molecular flexibility index (Phi) is 2.72. The van der Waals surface area contributed by atoms with Gasteiger partial charge in [0.25, 0.3) is 0 Å². The Labute approximate surface area is 69.1 Å². The highest BCUT2D eigenvalue weighted by atomic mass is 79.9. The van der Waals surface area contributed by atoms with E-state index in [0.29, 0.717) is 0 Å². The zero-order valence-electron chi connectivity index (χ0n) is 5.97. The average Bonchev–Trinajstić information content (AvgIpc) is 1.76. The van der Waals surface area contributed by atoms with Crippen LogP contribution >= 0.6 is 15.9 Å². The molecule has 1 saturated carbocycles. The minimum absolute atomic E-state index is 0.155. The van der Waals surface area contributed by atoms with E-state index in [-0.39, 0.29) is 12.1 Å². The highest BCUT2D eigenvalue weighted by molar-refractivity contribution is 9.09. The molecule has 1 fully saturated rings. The lowest BCUT2D eigenvalue weighted by Crippen LogP contribution is -2.33. The van der Waals surface area contributed by atoms with Crippen LogP contribution in [0.2, 0.25) is 0 Å². The molecular formula is C7H11BrO2. The number of hydrogen-bond acceptors (Lipinski definition) is 2. The molecule has 1 rings (SSSR count). The van der Waals surface area contributed by atoms with Crippen LogP contribution in [-0.2, 0) is 9.53 Å². The van der Waals surface area contributed by atoms with Gasteiger partial charge in [0.15, 0.2) is 0 Å². The van der Waals surface area contributed by atoms with E-state index >= 15 is 0 Å². The summed E-state index contributed by atoms with van der Waals surface area (Å²) in [6.07, 6.45) is 2.27. The molecule has 10 heavy (non-hydrogen) atoms. The van der Waals surface area contributed by atoms with Gasteiger partial charge in [-0.05, 0) is 18.8 Å². The Morgan fingerprint density at radius 1 is 1.70 bits per heavy atom. The molecule has 0 unspecified atom stereocenters. The van der Waals surface area contributed by atoms with Crippen molar-refractivity contribution in [2.45, 2.75) is 25.9 Å². The van der Waals surface area contributed by atoms with Crippen molar-refractivity contribution in [1.29, 1.82) is 0 Å². The number of rotatable bonds is 2. The SMILES string of the molecule is CC(=O)OC1CC(CBr)C1. The minimum atomic E-state index is -0.155. The zero-order valence-corrected chi connectivity index (χ0v) is 7.56. The van der Waals surface area contributed by atoms with Crippen molar-refractivity contribution < 1.29 is 9.53 Å². The molecule has 0 aromatic rings. The fraction of sp³-hybridized carbons (Fsp3) is 0.857. The second-order valence-electron chi connectivity index (χ2n) is 2.72. The summed E-state index contributed by atoms with van der Waals surface area (Å²) in [5, 5.41) is 1.03. The molecule has 0 bridgehead atoms. The molecule has 2 nitrogen and oxygen atoms in total. The van der Waals surface area contributed by atoms with Crippen LogP contribution in [0.1, 0.15) is 19.8 Å². The van der Waals surface area contributed by atoms with Gasteiger partial charge in [0.1, 0.15) is 6.10 Å². The molecule has 0 aromatic carbocycles. The Hall–Kier alpha value is -0.0500. The second kappa shape index (κ2) is 3.37. The number of carbonyl (C=O) groups excluding carboxylic acids is 1. The molecule has 0 aromatic heterocycles. The van der Waals surface area contributed by atoms with Crippen LogP contribution < -0.4 is 0 Å². The summed E-state index contributed by atoms with van der Waals surface area (Å²) in [5.41, 5.74) is 0. The van der Waals surface area contributed by atoms with Gasteiger partial charge in [0.2, 0.25) is 0 Å². The second-order valence-corrected chi connectivity index (χ2v) is 3.37. The van der Waals surface area contributed by atoms with Crippen molar-refractivity contribution in [3.63, 3.8) is 0 Å². The summed E-state index contributed by atoms with van der Waals surface area (Å²) in [6.45, 7) is 1.46. The summed E-state index contributed by atoms with van der Waals surface area (Å²) in [7, 11) is 0. The lowest BCUT2D eigenvalue weighted by Gasteiger charge is -2.32. The van der Waals surface area contributed by atoms with Crippen molar-refractivity contribution in [2.75, 3.05) is 5.33 Å². The minimum Gasteiger partial charge on any atom is -0.463 e. The summed E-state index contributed by atoms with van der Waals surface area (Å²) in [6, 6.07) is 0. The lowest BCUT2D eigenvalue weighted by molar-refractivity contribution is -0.152. The van der Waals surface area contributed by atoms with Gasteiger partial charge in [-0.2, -0.15) is 0 Å². The maximum absolute atomic E-state index is 10.4. The molecule has 0 aliphatic heterocycles. The van der Waals surface area contributed by atoms with Gasteiger partial charge in [-0.25, -0.2) is 0 Å². The number of carbonyl (C=O) groups is 1. The third-order valence-electron chi connectivity index (χ3n) is 1.74. The van der Waals surface area contributed by atoms with Crippen LogP contribution in [-0.4, -0.2) is 17.4 Å². The van der Waals surface area contributed by atoms with Crippen molar-refractivity contribution in [1.82, 2.24) is 0 Å². The Balaban J connectivity index is 2.08. The molecular weight excluding hydrogens is 196 g/mol. The first-order valence-electron chi connectivity index (χ1n) is 3.45. The third kappa shape index (κ3) is 1.97. The molecule has 0 atom stereocenters. The van der Waals surface area contributed by atoms with Crippen LogP contribution in [0.4, 0.5) is 0 Å². The molecule has 58 valence electrons. The number of hydrogen-bond donors (Lipinski definition) is 0. The Morgan fingerprint density at radius 2 is 2.30 bits per heavy atom. The molecule has 0 saturated heterocycles. The first kappa shape index (κ1) is 8.05. The molecule has 1 aliphatic rings. The van der Waals surface area contributed by atoms with E-state index in [0.717, 1.165) is 24.1 Å². The summed E-state index contributed by atoms with van der Waals surface area (Å²) >= 11 is 3.38. The standard InChI is InChI=1S/C7H11BrO2/c1-5(9)10-7-2-6(3-7)4-8/h6-7H,2-4H2,1H3. The lowest BCUT2D eigenvalue weighted by atomic mass is 9.84. The number of halogens is 1. The highest BCUT2D eigenvalue weighted by Crippen LogP contribution is 2.31. The fourth-order valence-corrected chi connectivity index (χ4v) is 1.66. The molecule has 1 aliphatic carbocycles. The van der Waals surface area contributed by atoms with Gasteiger partial charge >= 0.3 is 5.97 Å². The van der Waals surface area contributed by atoms with Crippen molar-refractivity contribution in [3.05, 3.63) is 0 Å².